The van der Waals surface area contributed by atoms with Crippen molar-refractivity contribution in [2.24, 2.45) is 0 Å². The maximum atomic E-state index is 4.88. The van der Waals surface area contributed by atoms with Gasteiger partial charge in [-0.2, -0.15) is 5.10 Å². The lowest BCUT2D eigenvalue weighted by Crippen LogP contribution is -1.90. The first-order chi connectivity index (χ1) is 13.4. The fourth-order valence-corrected chi connectivity index (χ4v) is 3.82. The van der Waals surface area contributed by atoms with Gasteiger partial charge in [0, 0.05) is 23.3 Å². The Balaban J connectivity index is 1.46. The summed E-state index contributed by atoms with van der Waals surface area (Å²) >= 11 is 1.77. The van der Waals surface area contributed by atoms with E-state index in [0.717, 1.165) is 58.5 Å². The third-order valence-electron chi connectivity index (χ3n) is 4.30. The van der Waals surface area contributed by atoms with E-state index in [1.165, 1.54) is 0 Å². The van der Waals surface area contributed by atoms with Crippen molar-refractivity contribution in [1.29, 1.82) is 0 Å². The molecule has 2 aromatic heterocycles. The number of hydrogen-bond donors (Lipinski definition) is 2. The zero-order chi connectivity index (χ0) is 18.3. The molecule has 5 nitrogen and oxygen atoms in total. The number of hydrogen-bond acceptors (Lipinski definition) is 4. The predicted octanol–water partition coefficient (Wildman–Crippen LogP) is 4.98. The molecule has 0 aliphatic heterocycles. The molecule has 0 unspecified atom stereocenters. The predicted molar refractivity (Wildman–Crippen MR) is 110 cm³/mol. The van der Waals surface area contributed by atoms with E-state index < -0.39 is 0 Å². The second kappa shape index (κ2) is 8.68. The largest absolute Gasteiger partial charge is 0.332 e. The molecule has 0 radical (unpaired) electrons. The zero-order valence-corrected chi connectivity index (χ0v) is 15.7. The van der Waals surface area contributed by atoms with E-state index in [1.807, 2.05) is 12.1 Å². The molecule has 0 saturated carbocycles. The summed E-state index contributed by atoms with van der Waals surface area (Å²) in [5, 5.41) is 7.75. The normalized spacial score (nSPS) is 11.0. The highest BCUT2D eigenvalue weighted by molar-refractivity contribution is 7.99. The second-order valence-electron chi connectivity index (χ2n) is 6.24. The molecule has 4 rings (SSSR count). The molecule has 4 aromatic rings. The van der Waals surface area contributed by atoms with E-state index in [2.05, 4.69) is 68.7 Å². The third kappa shape index (κ3) is 4.46. The molecule has 0 aliphatic rings. The van der Waals surface area contributed by atoms with Crippen LogP contribution in [-0.2, 0) is 6.42 Å². The highest BCUT2D eigenvalue weighted by Gasteiger charge is 2.14. The summed E-state index contributed by atoms with van der Waals surface area (Å²) in [4.78, 5) is 12.6. The Hall–Kier alpha value is -2.86. The van der Waals surface area contributed by atoms with Crippen molar-refractivity contribution in [2.75, 3.05) is 5.75 Å². The van der Waals surface area contributed by atoms with Crippen LogP contribution < -0.4 is 0 Å². The average molecular weight is 376 g/mol. The second-order valence-corrected chi connectivity index (χ2v) is 7.32. The SMILES string of the molecule is c1ccc(-c2nc(SCCCCc3ncn[nH]3)[nH]c2-c2ccccc2)cc1. The van der Waals surface area contributed by atoms with Crippen molar-refractivity contribution >= 4 is 11.8 Å². The minimum atomic E-state index is 0.934. The summed E-state index contributed by atoms with van der Waals surface area (Å²) in [7, 11) is 0. The Morgan fingerprint density at radius 2 is 1.59 bits per heavy atom. The summed E-state index contributed by atoms with van der Waals surface area (Å²) in [5.74, 6) is 1.97. The number of aromatic nitrogens is 5. The van der Waals surface area contributed by atoms with Crippen LogP contribution in [0, 0.1) is 0 Å². The van der Waals surface area contributed by atoms with Crippen LogP contribution in [0.1, 0.15) is 18.7 Å². The smallest absolute Gasteiger partial charge is 0.166 e. The number of aromatic amines is 2. The molecule has 27 heavy (non-hydrogen) atoms. The van der Waals surface area contributed by atoms with Crippen LogP contribution in [0.25, 0.3) is 22.5 Å². The maximum Gasteiger partial charge on any atom is 0.166 e. The monoisotopic (exact) mass is 375 g/mol. The molecule has 2 heterocycles. The molecular weight excluding hydrogens is 354 g/mol. The lowest BCUT2D eigenvalue weighted by molar-refractivity contribution is 0.760. The first kappa shape index (κ1) is 17.5. The van der Waals surface area contributed by atoms with E-state index in [0.29, 0.717) is 0 Å². The average Bonchev–Trinajstić information content (AvgIpc) is 3.39. The molecular formula is C21H21N5S. The lowest BCUT2D eigenvalue weighted by Gasteiger charge is -2.02. The van der Waals surface area contributed by atoms with Crippen molar-refractivity contribution in [3.63, 3.8) is 0 Å². The fourth-order valence-electron chi connectivity index (χ4n) is 2.95. The number of nitrogens with zero attached hydrogens (tertiary/aromatic N) is 3. The number of thioether (sulfide) groups is 1. The Bertz CT molecular complexity index is 892. The number of rotatable bonds is 8. The zero-order valence-electron chi connectivity index (χ0n) is 14.9. The van der Waals surface area contributed by atoms with Gasteiger partial charge in [-0.3, -0.25) is 5.10 Å². The number of aryl methyl sites for hydroxylation is 1. The molecule has 0 amide bonds. The number of benzene rings is 2. The minimum absolute atomic E-state index is 0.934. The van der Waals surface area contributed by atoms with Crippen LogP contribution >= 0.6 is 11.8 Å². The van der Waals surface area contributed by atoms with Crippen molar-refractivity contribution < 1.29 is 0 Å². The number of unbranched alkanes of at least 4 members (excludes halogenated alkanes) is 1. The minimum Gasteiger partial charge on any atom is -0.332 e. The number of imidazole rings is 1. The molecule has 0 atom stereocenters. The fraction of sp³-hybridized carbons (Fsp3) is 0.190. The Morgan fingerprint density at radius 3 is 2.30 bits per heavy atom. The van der Waals surface area contributed by atoms with E-state index in [1.54, 1.807) is 18.1 Å². The van der Waals surface area contributed by atoms with Gasteiger partial charge in [-0.15, -0.1) is 0 Å². The molecule has 0 bridgehead atoms. The van der Waals surface area contributed by atoms with E-state index in [-0.39, 0.29) is 0 Å². The summed E-state index contributed by atoms with van der Waals surface area (Å²) in [6.45, 7) is 0. The number of H-pyrrole nitrogens is 2. The topological polar surface area (TPSA) is 70.2 Å². The van der Waals surface area contributed by atoms with Crippen LogP contribution in [0.5, 0.6) is 0 Å². The van der Waals surface area contributed by atoms with Crippen molar-refractivity contribution in [3.8, 4) is 22.5 Å². The van der Waals surface area contributed by atoms with Gasteiger partial charge in [0.25, 0.3) is 0 Å². The van der Waals surface area contributed by atoms with Gasteiger partial charge in [-0.05, 0) is 12.8 Å². The highest BCUT2D eigenvalue weighted by Crippen LogP contribution is 2.32. The summed E-state index contributed by atoms with van der Waals surface area (Å²) < 4.78 is 0. The van der Waals surface area contributed by atoms with Gasteiger partial charge in [0.2, 0.25) is 0 Å². The summed E-state index contributed by atoms with van der Waals surface area (Å²) in [6.07, 6.45) is 4.68. The van der Waals surface area contributed by atoms with Gasteiger partial charge < -0.3 is 4.98 Å². The molecule has 0 aliphatic carbocycles. The van der Waals surface area contributed by atoms with Gasteiger partial charge in [0.15, 0.2) is 5.16 Å². The van der Waals surface area contributed by atoms with E-state index in [9.17, 15) is 0 Å². The molecule has 0 fully saturated rings. The third-order valence-corrected chi connectivity index (χ3v) is 5.26. The lowest BCUT2D eigenvalue weighted by atomic mass is 10.1. The first-order valence-electron chi connectivity index (χ1n) is 9.08. The standard InChI is InChI=1S/C21H21N5S/c1-3-9-16(10-4-1)19-20(17-11-5-2-6-12-17)25-21(24-19)27-14-8-7-13-18-22-15-23-26-18/h1-6,9-12,15H,7-8,13-14H2,(H,24,25)(H,22,23,26). The van der Waals surface area contributed by atoms with Crippen LogP contribution in [0.4, 0.5) is 0 Å². The van der Waals surface area contributed by atoms with Crippen molar-refractivity contribution in [2.45, 2.75) is 24.4 Å². The van der Waals surface area contributed by atoms with Crippen molar-refractivity contribution in [3.05, 3.63) is 72.8 Å². The molecule has 0 saturated heterocycles. The van der Waals surface area contributed by atoms with E-state index in [4.69, 9.17) is 4.98 Å². The van der Waals surface area contributed by atoms with Gasteiger partial charge in [0.05, 0.1) is 11.4 Å². The molecule has 2 N–H and O–H groups in total. The highest BCUT2D eigenvalue weighted by atomic mass is 32.2. The van der Waals surface area contributed by atoms with E-state index >= 15 is 0 Å². The number of nitrogens with one attached hydrogen (secondary N) is 2. The maximum absolute atomic E-state index is 4.88. The Morgan fingerprint density at radius 1 is 0.852 bits per heavy atom. The summed E-state index contributed by atoms with van der Waals surface area (Å²) in [5.41, 5.74) is 4.36. The van der Waals surface area contributed by atoms with Crippen LogP contribution in [-0.4, -0.2) is 30.9 Å². The van der Waals surface area contributed by atoms with Crippen LogP contribution in [0.3, 0.4) is 0 Å². The quantitative estimate of drug-likeness (QED) is 0.337. The van der Waals surface area contributed by atoms with Gasteiger partial charge in [-0.25, -0.2) is 9.97 Å². The van der Waals surface area contributed by atoms with Gasteiger partial charge in [0.1, 0.15) is 12.2 Å². The van der Waals surface area contributed by atoms with Gasteiger partial charge in [-0.1, -0.05) is 72.4 Å². The molecule has 6 heteroatoms. The van der Waals surface area contributed by atoms with Gasteiger partial charge >= 0.3 is 0 Å². The Kier molecular flexibility index (Phi) is 5.64. The molecule has 2 aromatic carbocycles. The van der Waals surface area contributed by atoms with Crippen LogP contribution in [0.2, 0.25) is 0 Å². The van der Waals surface area contributed by atoms with Crippen molar-refractivity contribution in [1.82, 2.24) is 25.1 Å². The Labute approximate surface area is 162 Å². The molecule has 136 valence electrons. The first-order valence-corrected chi connectivity index (χ1v) is 10.1. The van der Waals surface area contributed by atoms with Crippen LogP contribution in [0.15, 0.2) is 72.1 Å². The summed E-state index contributed by atoms with van der Waals surface area (Å²) in [6, 6.07) is 20.7. The molecule has 0 spiro atoms.